The minimum absolute atomic E-state index is 0.0795. The SMILES string of the molecule is CCCC1(C(=O)Nc2cc(F)c(C)cc2F)CCCNC1. The minimum Gasteiger partial charge on any atom is -0.323 e. The monoisotopic (exact) mass is 296 g/mol. The standard InChI is InChI=1S/C16H22F2N2O/c1-3-5-16(6-4-7-19-10-16)15(21)20-14-9-12(17)11(2)8-13(14)18/h8-9,19H,3-7,10H2,1-2H3,(H,20,21). The summed E-state index contributed by atoms with van der Waals surface area (Å²) in [4.78, 5) is 12.6. The van der Waals surface area contributed by atoms with Crippen LogP contribution in [0.1, 0.15) is 38.2 Å². The number of piperidine rings is 1. The van der Waals surface area contributed by atoms with E-state index in [1.807, 2.05) is 6.92 Å². The summed E-state index contributed by atoms with van der Waals surface area (Å²) in [6.07, 6.45) is 3.30. The van der Waals surface area contributed by atoms with Crippen molar-refractivity contribution in [3.05, 3.63) is 29.3 Å². The largest absolute Gasteiger partial charge is 0.323 e. The van der Waals surface area contributed by atoms with Gasteiger partial charge in [-0.05, 0) is 44.4 Å². The van der Waals surface area contributed by atoms with Crippen LogP contribution in [0.15, 0.2) is 12.1 Å². The van der Waals surface area contributed by atoms with Crippen molar-refractivity contribution in [2.75, 3.05) is 18.4 Å². The highest BCUT2D eigenvalue weighted by Crippen LogP contribution is 2.33. The number of nitrogens with one attached hydrogen (secondary N) is 2. The van der Waals surface area contributed by atoms with E-state index in [2.05, 4.69) is 10.6 Å². The lowest BCUT2D eigenvalue weighted by molar-refractivity contribution is -0.127. The van der Waals surface area contributed by atoms with Crippen LogP contribution in [0.25, 0.3) is 0 Å². The lowest BCUT2D eigenvalue weighted by atomic mass is 9.76. The van der Waals surface area contributed by atoms with Crippen molar-refractivity contribution in [2.45, 2.75) is 39.5 Å². The third kappa shape index (κ3) is 3.40. The summed E-state index contributed by atoms with van der Waals surface area (Å²) in [7, 11) is 0. The van der Waals surface area contributed by atoms with Crippen LogP contribution in [0, 0.1) is 24.0 Å². The minimum atomic E-state index is -0.599. The molecule has 1 unspecified atom stereocenters. The quantitative estimate of drug-likeness (QED) is 0.894. The van der Waals surface area contributed by atoms with Gasteiger partial charge in [0.2, 0.25) is 5.91 Å². The van der Waals surface area contributed by atoms with Gasteiger partial charge < -0.3 is 10.6 Å². The van der Waals surface area contributed by atoms with Gasteiger partial charge >= 0.3 is 0 Å². The molecule has 1 aliphatic rings. The van der Waals surface area contributed by atoms with Crippen LogP contribution < -0.4 is 10.6 Å². The summed E-state index contributed by atoms with van der Waals surface area (Å²) in [5, 5.41) is 5.81. The molecule has 1 aromatic carbocycles. The maximum atomic E-state index is 13.9. The molecular weight excluding hydrogens is 274 g/mol. The number of carbonyl (C=O) groups excluding carboxylic acids is 1. The molecule has 3 nitrogen and oxygen atoms in total. The zero-order chi connectivity index (χ0) is 15.5. The number of anilines is 1. The van der Waals surface area contributed by atoms with Crippen molar-refractivity contribution in [3.8, 4) is 0 Å². The maximum Gasteiger partial charge on any atom is 0.231 e. The van der Waals surface area contributed by atoms with Crippen molar-refractivity contribution in [1.82, 2.24) is 5.32 Å². The summed E-state index contributed by atoms with van der Waals surface area (Å²) in [6, 6.07) is 2.16. The molecule has 1 aromatic rings. The number of rotatable bonds is 4. The van der Waals surface area contributed by atoms with Crippen LogP contribution in [0.2, 0.25) is 0 Å². The molecule has 1 fully saturated rings. The zero-order valence-electron chi connectivity index (χ0n) is 12.6. The fourth-order valence-corrected chi connectivity index (χ4v) is 2.96. The molecule has 2 rings (SSSR count). The fourth-order valence-electron chi connectivity index (χ4n) is 2.96. The molecule has 1 atom stereocenters. The first-order valence-corrected chi connectivity index (χ1v) is 7.46. The Morgan fingerprint density at radius 3 is 2.76 bits per heavy atom. The van der Waals surface area contributed by atoms with E-state index in [9.17, 15) is 13.6 Å². The van der Waals surface area contributed by atoms with E-state index in [1.54, 1.807) is 0 Å². The first-order chi connectivity index (χ1) is 9.98. The molecule has 0 aliphatic carbocycles. The smallest absolute Gasteiger partial charge is 0.231 e. The maximum absolute atomic E-state index is 13.9. The highest BCUT2D eigenvalue weighted by molar-refractivity contribution is 5.95. The number of amides is 1. The first-order valence-electron chi connectivity index (χ1n) is 7.46. The van der Waals surface area contributed by atoms with Crippen LogP contribution in [-0.4, -0.2) is 19.0 Å². The van der Waals surface area contributed by atoms with Crippen LogP contribution in [-0.2, 0) is 4.79 Å². The first kappa shape index (κ1) is 15.9. The van der Waals surface area contributed by atoms with Crippen LogP contribution in [0.5, 0.6) is 0 Å². The molecule has 1 heterocycles. The van der Waals surface area contributed by atoms with Gasteiger partial charge in [0.15, 0.2) is 0 Å². The highest BCUT2D eigenvalue weighted by Gasteiger charge is 2.38. The van der Waals surface area contributed by atoms with Gasteiger partial charge in [0.25, 0.3) is 0 Å². The Labute approximate surface area is 124 Å². The van der Waals surface area contributed by atoms with Gasteiger partial charge in [-0.25, -0.2) is 8.78 Å². The third-order valence-corrected chi connectivity index (χ3v) is 4.18. The molecule has 0 bridgehead atoms. The lowest BCUT2D eigenvalue weighted by Gasteiger charge is -2.36. The average Bonchev–Trinajstić information content (AvgIpc) is 2.46. The Balaban J connectivity index is 2.21. The Hall–Kier alpha value is -1.49. The second-order valence-corrected chi connectivity index (χ2v) is 5.85. The zero-order valence-corrected chi connectivity index (χ0v) is 12.6. The van der Waals surface area contributed by atoms with E-state index < -0.39 is 17.0 Å². The summed E-state index contributed by atoms with van der Waals surface area (Å²) in [5.74, 6) is -1.34. The number of benzene rings is 1. The molecular formula is C16H22F2N2O. The Bertz CT molecular complexity index is 520. The Morgan fingerprint density at radius 1 is 1.38 bits per heavy atom. The number of hydrogen-bond acceptors (Lipinski definition) is 2. The topological polar surface area (TPSA) is 41.1 Å². The molecule has 1 saturated heterocycles. The summed E-state index contributed by atoms with van der Waals surface area (Å²) >= 11 is 0. The predicted molar refractivity (Wildman–Crippen MR) is 79.2 cm³/mol. The number of carbonyl (C=O) groups is 1. The molecule has 1 aliphatic heterocycles. The number of halogens is 2. The van der Waals surface area contributed by atoms with Crippen molar-refractivity contribution in [2.24, 2.45) is 5.41 Å². The molecule has 21 heavy (non-hydrogen) atoms. The number of aryl methyl sites for hydroxylation is 1. The predicted octanol–water partition coefficient (Wildman–Crippen LogP) is 3.38. The lowest BCUT2D eigenvalue weighted by Crippen LogP contribution is -2.48. The fraction of sp³-hybridized carbons (Fsp3) is 0.562. The van der Waals surface area contributed by atoms with Crippen molar-refractivity contribution in [3.63, 3.8) is 0 Å². The molecule has 0 saturated carbocycles. The molecule has 2 N–H and O–H groups in total. The second kappa shape index (κ2) is 6.52. The van der Waals surface area contributed by atoms with Crippen LogP contribution in [0.4, 0.5) is 14.5 Å². The van der Waals surface area contributed by atoms with E-state index in [0.717, 1.165) is 44.4 Å². The molecule has 116 valence electrons. The van der Waals surface area contributed by atoms with E-state index >= 15 is 0 Å². The summed E-state index contributed by atoms with van der Waals surface area (Å²) in [6.45, 7) is 5.00. The van der Waals surface area contributed by atoms with Crippen LogP contribution >= 0.6 is 0 Å². The normalized spacial score (nSPS) is 22.1. The Morgan fingerprint density at radius 2 is 2.14 bits per heavy atom. The molecule has 5 heteroatoms. The van der Waals surface area contributed by atoms with E-state index in [-0.39, 0.29) is 17.2 Å². The second-order valence-electron chi connectivity index (χ2n) is 5.85. The molecule has 1 amide bonds. The van der Waals surface area contributed by atoms with E-state index in [1.165, 1.54) is 6.92 Å². The van der Waals surface area contributed by atoms with E-state index in [0.29, 0.717) is 6.54 Å². The van der Waals surface area contributed by atoms with Gasteiger partial charge in [-0.3, -0.25) is 4.79 Å². The van der Waals surface area contributed by atoms with Crippen LogP contribution in [0.3, 0.4) is 0 Å². The van der Waals surface area contributed by atoms with Crippen molar-refractivity contribution < 1.29 is 13.6 Å². The van der Waals surface area contributed by atoms with Gasteiger partial charge in [0, 0.05) is 12.6 Å². The third-order valence-electron chi connectivity index (χ3n) is 4.18. The number of hydrogen-bond donors (Lipinski definition) is 2. The highest BCUT2D eigenvalue weighted by atomic mass is 19.1. The van der Waals surface area contributed by atoms with Gasteiger partial charge in [0.05, 0.1) is 11.1 Å². The summed E-state index contributed by atoms with van der Waals surface area (Å²) in [5.41, 5.74) is -0.377. The molecule has 0 aromatic heterocycles. The Kier molecular flexibility index (Phi) is 4.93. The molecule has 0 radical (unpaired) electrons. The van der Waals surface area contributed by atoms with Gasteiger partial charge in [-0.15, -0.1) is 0 Å². The molecule has 0 spiro atoms. The summed E-state index contributed by atoms with van der Waals surface area (Å²) < 4.78 is 27.4. The van der Waals surface area contributed by atoms with Gasteiger partial charge in [0.1, 0.15) is 11.6 Å². The average molecular weight is 296 g/mol. The van der Waals surface area contributed by atoms with Crippen molar-refractivity contribution >= 4 is 11.6 Å². The van der Waals surface area contributed by atoms with Gasteiger partial charge in [-0.2, -0.15) is 0 Å². The van der Waals surface area contributed by atoms with Crippen molar-refractivity contribution in [1.29, 1.82) is 0 Å². The van der Waals surface area contributed by atoms with Gasteiger partial charge in [-0.1, -0.05) is 13.3 Å². The van der Waals surface area contributed by atoms with E-state index in [4.69, 9.17) is 0 Å².